The minimum Gasteiger partial charge on any atom is -0.333 e. The van der Waals surface area contributed by atoms with Crippen LogP contribution in [0.4, 0.5) is 17.1 Å². The average molecular weight is 906 g/mol. The Morgan fingerprint density at radius 2 is 1.00 bits per heavy atom. The highest BCUT2D eigenvalue weighted by molar-refractivity contribution is 7.25. The van der Waals surface area contributed by atoms with Crippen molar-refractivity contribution in [3.8, 4) is 33.4 Å². The molecule has 0 radical (unpaired) electrons. The minimum atomic E-state index is -0.540. The van der Waals surface area contributed by atoms with E-state index in [1.54, 1.807) is 0 Å². The lowest BCUT2D eigenvalue weighted by Gasteiger charge is -2.45. The van der Waals surface area contributed by atoms with Crippen LogP contribution in [0.1, 0.15) is 51.8 Å². The van der Waals surface area contributed by atoms with Crippen molar-refractivity contribution < 1.29 is 0 Å². The van der Waals surface area contributed by atoms with Crippen molar-refractivity contribution in [3.05, 3.63) is 282 Å². The topological polar surface area (TPSA) is 53.1 Å². The van der Waals surface area contributed by atoms with Gasteiger partial charge in [-0.15, -0.1) is 11.3 Å². The lowest BCUT2D eigenvalue weighted by atomic mass is 9.64. The van der Waals surface area contributed by atoms with Crippen molar-refractivity contribution in [3.63, 3.8) is 0 Å². The molecule has 0 fully saturated rings. The van der Waals surface area contributed by atoms with Crippen molar-refractivity contribution in [2.75, 3.05) is 11.9 Å². The predicted octanol–water partition coefficient (Wildman–Crippen LogP) is 16.9. The van der Waals surface area contributed by atoms with E-state index >= 15 is 0 Å². The second kappa shape index (κ2) is 18.5. The number of hydrogen-bond acceptors (Lipinski definition) is 4. The monoisotopic (exact) mass is 905 g/mol. The number of anilines is 3. The van der Waals surface area contributed by atoms with Gasteiger partial charge < -0.3 is 16.0 Å². The van der Waals surface area contributed by atoms with E-state index in [9.17, 15) is 0 Å². The van der Waals surface area contributed by atoms with Crippen LogP contribution in [0.3, 0.4) is 0 Å². The molecule has 2 aliphatic rings. The third kappa shape index (κ3) is 7.28. The van der Waals surface area contributed by atoms with Crippen LogP contribution in [0, 0.1) is 5.41 Å². The van der Waals surface area contributed by atoms with Crippen molar-refractivity contribution in [2.24, 2.45) is 5.73 Å². The highest BCUT2D eigenvalue weighted by atomic mass is 32.1. The Morgan fingerprint density at radius 3 is 1.70 bits per heavy atom. The first kappa shape index (κ1) is 43.4. The molecular weight excluding hydrogens is 855 g/mol. The summed E-state index contributed by atoms with van der Waals surface area (Å²) in [6.45, 7) is 2.26. The Hall–Kier alpha value is -8.15. The van der Waals surface area contributed by atoms with Gasteiger partial charge >= 0.3 is 0 Å². The van der Waals surface area contributed by atoms with Gasteiger partial charge in [0.15, 0.2) is 0 Å². The maximum absolute atomic E-state index is 8.55. The fraction of sp³-hybridized carbons (Fsp3) is 0.0615. The summed E-state index contributed by atoms with van der Waals surface area (Å²) in [4.78, 5) is 2.41. The predicted molar refractivity (Wildman–Crippen MR) is 294 cm³/mol. The molecule has 0 saturated heterocycles. The van der Waals surface area contributed by atoms with E-state index in [-0.39, 0.29) is 0 Å². The molecule has 11 aromatic rings. The molecule has 1 aliphatic heterocycles. The zero-order chi connectivity index (χ0) is 46.9. The van der Waals surface area contributed by atoms with Crippen LogP contribution < -0.4 is 10.6 Å². The normalized spacial score (nSPS) is 12.9. The summed E-state index contributed by atoms with van der Waals surface area (Å²) in [5.74, 6) is 0.432. The summed E-state index contributed by atoms with van der Waals surface area (Å²) in [5.41, 5.74) is 23.5. The largest absolute Gasteiger partial charge is 0.333 e. The molecule has 1 spiro atoms. The Labute approximate surface area is 409 Å². The van der Waals surface area contributed by atoms with Gasteiger partial charge in [-0.3, -0.25) is 0 Å². The lowest BCUT2D eigenvalue weighted by Crippen LogP contribution is -2.36. The molecule has 1 unspecified atom stereocenters. The molecule has 0 bridgehead atoms. The van der Waals surface area contributed by atoms with Crippen molar-refractivity contribution in [1.29, 1.82) is 5.41 Å². The zero-order valence-electron chi connectivity index (χ0n) is 38.7. The number of thiophene rings is 1. The number of nitrogens with one attached hydrogen (secondary N) is 1. The van der Waals surface area contributed by atoms with E-state index in [4.69, 9.17) is 5.41 Å². The molecule has 1 atom stereocenters. The molecule has 2 heterocycles. The number of para-hydroxylation sites is 3. The van der Waals surface area contributed by atoms with Gasteiger partial charge in [0.2, 0.25) is 0 Å². The van der Waals surface area contributed by atoms with Crippen LogP contribution in [0.2, 0.25) is 0 Å². The fourth-order valence-corrected chi connectivity index (χ4v) is 12.1. The molecule has 3 nitrogen and oxygen atoms in total. The molecule has 10 aromatic carbocycles. The van der Waals surface area contributed by atoms with Gasteiger partial charge in [-0.1, -0.05) is 207 Å². The Morgan fingerprint density at radius 1 is 0.464 bits per heavy atom. The number of benzene rings is 10. The molecule has 1 aliphatic carbocycles. The molecule has 69 heavy (non-hydrogen) atoms. The van der Waals surface area contributed by atoms with Gasteiger partial charge in [0.1, 0.15) is 0 Å². The molecule has 1 aromatic heterocycles. The van der Waals surface area contributed by atoms with Gasteiger partial charge in [-0.25, -0.2) is 0 Å². The first-order valence-corrected chi connectivity index (χ1v) is 24.5. The van der Waals surface area contributed by atoms with E-state index in [1.807, 2.05) is 11.3 Å². The number of hydrogen-bond donors (Lipinski definition) is 2. The second-order valence-electron chi connectivity index (χ2n) is 17.5. The van der Waals surface area contributed by atoms with Crippen molar-refractivity contribution >= 4 is 54.8 Å². The van der Waals surface area contributed by atoms with Crippen molar-refractivity contribution in [2.45, 2.75) is 18.3 Å². The van der Waals surface area contributed by atoms with Crippen LogP contribution in [-0.4, -0.2) is 13.3 Å². The average Bonchev–Trinajstić information content (AvgIpc) is 3.96. The Kier molecular flexibility index (Phi) is 11.6. The summed E-state index contributed by atoms with van der Waals surface area (Å²) in [6, 6.07) is 87.5. The van der Waals surface area contributed by atoms with Gasteiger partial charge in [-0.2, -0.15) is 0 Å². The molecule has 0 saturated carbocycles. The molecular formula is C65H51N3S. The van der Waals surface area contributed by atoms with Crippen LogP contribution in [-0.2, 0) is 5.41 Å². The molecule has 3 N–H and O–H groups in total. The maximum Gasteiger partial charge on any atom is 0.0754 e. The first-order valence-electron chi connectivity index (χ1n) is 23.7. The molecule has 13 rings (SSSR count). The number of nitrogens with two attached hydrogens (primary N) is 1. The Bertz CT molecular complexity index is 3570. The third-order valence-electron chi connectivity index (χ3n) is 14.0. The number of rotatable bonds is 6. The standard InChI is InChI=1S/C44H28N2S.C20H18.CH5N/c45-27-29-12-10-19-37-42(29)33-26-28(31-16-11-23-41-43(31)32-15-4-9-22-40(32)47-41)24-25-34(33)44(37)35-17-5-7-20-38(35)46(30-13-2-1-3-14-30)39-21-8-6-18-36(39)44;1-16(17-8-4-2-5-9-17)18-12-14-20(15-13-18)19-10-6-3-7-11-19;1-2/h1-27,45H;2-16H,1H3;2H2,1H3. The van der Waals surface area contributed by atoms with E-state index in [1.165, 1.54) is 106 Å². The zero-order valence-corrected chi connectivity index (χ0v) is 39.5. The summed E-state index contributed by atoms with van der Waals surface area (Å²) in [6.07, 6.45) is 1.53. The summed E-state index contributed by atoms with van der Waals surface area (Å²) in [7, 11) is 1.50. The van der Waals surface area contributed by atoms with E-state index < -0.39 is 5.41 Å². The maximum atomic E-state index is 8.55. The van der Waals surface area contributed by atoms with Crippen LogP contribution >= 0.6 is 11.3 Å². The highest BCUT2D eigenvalue weighted by Gasteiger charge is 2.52. The third-order valence-corrected chi connectivity index (χ3v) is 15.1. The quantitative estimate of drug-likeness (QED) is 0.163. The summed E-state index contributed by atoms with van der Waals surface area (Å²) < 4.78 is 2.61. The number of nitrogens with zero attached hydrogens (tertiary/aromatic N) is 1. The van der Waals surface area contributed by atoms with Gasteiger partial charge in [0, 0.05) is 43.6 Å². The van der Waals surface area contributed by atoms with Crippen LogP contribution in [0.15, 0.2) is 243 Å². The number of fused-ring (bicyclic) bond motifs is 12. The summed E-state index contributed by atoms with van der Waals surface area (Å²) in [5, 5.41) is 11.2. The minimum absolute atomic E-state index is 0.432. The van der Waals surface area contributed by atoms with E-state index in [0.29, 0.717) is 5.92 Å². The summed E-state index contributed by atoms with van der Waals surface area (Å²) >= 11 is 1.86. The second-order valence-corrected chi connectivity index (χ2v) is 18.6. The van der Waals surface area contributed by atoms with Gasteiger partial charge in [-0.05, 0) is 116 Å². The fourth-order valence-electron chi connectivity index (χ4n) is 10.9. The van der Waals surface area contributed by atoms with Gasteiger partial charge in [0.25, 0.3) is 0 Å². The first-order chi connectivity index (χ1) is 34.1. The SMILES string of the molecule is CC(c1ccccc1)c1ccc(-c2ccccc2)cc1.CN.N=Cc1cccc2c1-c1cc(-c3cccc4sc5ccccc5c34)ccc1C21c2ccccc2N(c2ccccc2)c2ccccc21. The molecule has 4 heteroatoms. The lowest BCUT2D eigenvalue weighted by molar-refractivity contribution is 0.752. The van der Waals surface area contributed by atoms with E-state index in [0.717, 1.165) is 16.8 Å². The smallest absolute Gasteiger partial charge is 0.0754 e. The molecule has 0 amide bonds. The Balaban J connectivity index is 0.000000198. The molecule has 332 valence electrons. The van der Waals surface area contributed by atoms with Crippen molar-refractivity contribution in [1.82, 2.24) is 0 Å². The van der Waals surface area contributed by atoms with Crippen LogP contribution in [0.5, 0.6) is 0 Å². The van der Waals surface area contributed by atoms with E-state index in [2.05, 4.69) is 260 Å². The van der Waals surface area contributed by atoms with Gasteiger partial charge in [0.05, 0.1) is 16.8 Å². The van der Waals surface area contributed by atoms with Crippen LogP contribution in [0.25, 0.3) is 53.6 Å². The highest BCUT2D eigenvalue weighted by Crippen LogP contribution is 2.64.